The molecule has 0 aliphatic carbocycles. The summed E-state index contributed by atoms with van der Waals surface area (Å²) in [5.74, 6) is 1.73. The average Bonchev–Trinajstić information content (AvgIpc) is 3.35. The van der Waals surface area contributed by atoms with Crippen LogP contribution in [-0.2, 0) is 11.8 Å². The van der Waals surface area contributed by atoms with Gasteiger partial charge in [-0.15, -0.1) is 0 Å². The van der Waals surface area contributed by atoms with Crippen molar-refractivity contribution in [2.75, 3.05) is 52.4 Å². The first-order valence-corrected chi connectivity index (χ1v) is 14.8. The van der Waals surface area contributed by atoms with E-state index in [9.17, 15) is 9.59 Å². The van der Waals surface area contributed by atoms with Crippen LogP contribution in [0.1, 0.15) is 27.5 Å². The molecule has 4 aromatic carbocycles. The zero-order chi connectivity index (χ0) is 31.5. The van der Waals surface area contributed by atoms with Crippen molar-refractivity contribution in [3.8, 4) is 23.0 Å². The number of ether oxygens (including phenoxy) is 4. The van der Waals surface area contributed by atoms with Gasteiger partial charge in [-0.2, -0.15) is 0 Å². The summed E-state index contributed by atoms with van der Waals surface area (Å²) in [5, 5.41) is 3.36. The molecule has 1 N–H and O–H groups in total. The van der Waals surface area contributed by atoms with Crippen molar-refractivity contribution in [3.05, 3.63) is 112 Å². The first-order chi connectivity index (χ1) is 21.9. The highest BCUT2D eigenvalue weighted by molar-refractivity contribution is 5.93. The second-order valence-corrected chi connectivity index (χ2v) is 10.8. The standard InChI is InChI=1S/C35H36N4O6/c1-37-33-29(39(35(37)41)32(23-8-13-26(42-2)14-9-23)24-10-15-27(43-3)16-11-24)6-5-7-30(33)45-31-22-25(38-20-18-36-19-21-38)12-17-28(31)34(40)44-4/h5-17,22,32,36H,18-21H2,1-4H3. The number of para-hydroxylation sites is 1. The Balaban J connectivity index is 1.50. The number of carbonyl (C=O) groups excluding carboxylic acids is 1. The number of piperazine rings is 1. The summed E-state index contributed by atoms with van der Waals surface area (Å²) in [7, 11) is 6.32. The predicted octanol–water partition coefficient (Wildman–Crippen LogP) is 4.98. The quantitative estimate of drug-likeness (QED) is 0.234. The number of hydrogen-bond donors (Lipinski definition) is 1. The van der Waals surface area contributed by atoms with Crippen LogP contribution in [0.3, 0.4) is 0 Å². The monoisotopic (exact) mass is 608 g/mol. The summed E-state index contributed by atoms with van der Waals surface area (Å²) in [6, 6.07) is 26.0. The zero-order valence-corrected chi connectivity index (χ0v) is 25.8. The van der Waals surface area contributed by atoms with E-state index in [0.717, 1.165) is 54.5 Å². The maximum Gasteiger partial charge on any atom is 0.341 e. The Morgan fingerprint density at radius 3 is 2.00 bits per heavy atom. The van der Waals surface area contributed by atoms with Crippen LogP contribution < -0.4 is 30.1 Å². The van der Waals surface area contributed by atoms with Crippen molar-refractivity contribution in [2.45, 2.75) is 6.04 Å². The fourth-order valence-corrected chi connectivity index (χ4v) is 5.91. The van der Waals surface area contributed by atoms with Gasteiger partial charge in [0, 0.05) is 45.0 Å². The van der Waals surface area contributed by atoms with Crippen LogP contribution >= 0.6 is 0 Å². The largest absolute Gasteiger partial charge is 0.497 e. The molecule has 10 nitrogen and oxygen atoms in total. The highest BCUT2D eigenvalue weighted by Gasteiger charge is 2.26. The topological polar surface area (TPSA) is 96.2 Å². The molecule has 1 aliphatic heterocycles. The number of rotatable bonds is 9. The number of carbonyl (C=O) groups is 1. The minimum absolute atomic E-state index is 0.222. The second kappa shape index (κ2) is 12.8. The van der Waals surface area contributed by atoms with Crippen molar-refractivity contribution >= 4 is 22.7 Å². The van der Waals surface area contributed by atoms with Crippen LogP contribution in [0.15, 0.2) is 89.7 Å². The number of aromatic nitrogens is 2. The fraction of sp³-hybridized carbons (Fsp3) is 0.257. The molecule has 1 aliphatic rings. The molecule has 0 atom stereocenters. The van der Waals surface area contributed by atoms with Crippen molar-refractivity contribution in [1.29, 1.82) is 0 Å². The number of aryl methyl sites for hydroxylation is 1. The van der Waals surface area contributed by atoms with Gasteiger partial charge in [-0.3, -0.25) is 9.13 Å². The van der Waals surface area contributed by atoms with E-state index in [2.05, 4.69) is 10.2 Å². The summed E-state index contributed by atoms with van der Waals surface area (Å²) in [4.78, 5) is 29.2. The molecule has 10 heteroatoms. The Kier molecular flexibility index (Phi) is 8.48. The molecule has 1 fully saturated rings. The van der Waals surface area contributed by atoms with E-state index in [-0.39, 0.29) is 5.69 Å². The molecule has 0 saturated carbocycles. The molecule has 232 valence electrons. The summed E-state index contributed by atoms with van der Waals surface area (Å²) < 4.78 is 25.8. The maximum absolute atomic E-state index is 14.1. The van der Waals surface area contributed by atoms with Gasteiger partial charge in [0.05, 0.1) is 32.9 Å². The Labute approximate surface area is 261 Å². The van der Waals surface area contributed by atoms with E-state index in [1.165, 1.54) is 7.11 Å². The van der Waals surface area contributed by atoms with Gasteiger partial charge in [0.2, 0.25) is 0 Å². The normalized spacial score (nSPS) is 13.2. The van der Waals surface area contributed by atoms with E-state index in [1.54, 1.807) is 42.5 Å². The number of anilines is 1. The number of nitrogens with one attached hydrogen (secondary N) is 1. The van der Waals surface area contributed by atoms with Crippen LogP contribution in [0, 0.1) is 0 Å². The van der Waals surface area contributed by atoms with Crippen molar-refractivity contribution in [2.24, 2.45) is 7.05 Å². The van der Waals surface area contributed by atoms with E-state index in [1.807, 2.05) is 72.8 Å². The van der Waals surface area contributed by atoms with E-state index < -0.39 is 12.0 Å². The second-order valence-electron chi connectivity index (χ2n) is 10.8. The average molecular weight is 609 g/mol. The third-order valence-corrected chi connectivity index (χ3v) is 8.26. The predicted molar refractivity (Wildman–Crippen MR) is 173 cm³/mol. The number of benzene rings is 4. The SMILES string of the molecule is COC(=O)c1ccc(N2CCNCC2)cc1Oc1cccc2c1n(C)c(=O)n2C(c1ccc(OC)cc1)c1ccc(OC)cc1. The summed E-state index contributed by atoms with van der Waals surface area (Å²) in [6.07, 6.45) is 0. The zero-order valence-electron chi connectivity index (χ0n) is 25.8. The Bertz CT molecular complexity index is 1820. The molecule has 45 heavy (non-hydrogen) atoms. The lowest BCUT2D eigenvalue weighted by atomic mass is 9.98. The van der Waals surface area contributed by atoms with Crippen LogP contribution in [0.2, 0.25) is 0 Å². The fourth-order valence-electron chi connectivity index (χ4n) is 5.91. The first kappa shape index (κ1) is 29.8. The van der Waals surface area contributed by atoms with Crippen LogP contribution in [0.25, 0.3) is 11.0 Å². The van der Waals surface area contributed by atoms with E-state index in [0.29, 0.717) is 28.1 Å². The summed E-state index contributed by atoms with van der Waals surface area (Å²) in [5.41, 5.74) is 4.09. The minimum Gasteiger partial charge on any atom is -0.497 e. The number of hydrogen-bond acceptors (Lipinski definition) is 8. The van der Waals surface area contributed by atoms with Crippen molar-refractivity contribution in [3.63, 3.8) is 0 Å². The molecule has 0 unspecified atom stereocenters. The number of methoxy groups -OCH3 is 3. The van der Waals surface area contributed by atoms with Gasteiger partial charge in [-0.25, -0.2) is 9.59 Å². The van der Waals surface area contributed by atoms with Gasteiger partial charge in [0.25, 0.3) is 0 Å². The lowest BCUT2D eigenvalue weighted by Crippen LogP contribution is -2.43. The lowest BCUT2D eigenvalue weighted by molar-refractivity contribution is 0.0598. The third kappa shape index (κ3) is 5.72. The smallest absolute Gasteiger partial charge is 0.341 e. The van der Waals surface area contributed by atoms with E-state index >= 15 is 0 Å². The Hall–Kier alpha value is -5.22. The van der Waals surface area contributed by atoms with Gasteiger partial charge in [-0.1, -0.05) is 30.3 Å². The molecule has 6 rings (SSSR count). The highest BCUT2D eigenvalue weighted by atomic mass is 16.5. The van der Waals surface area contributed by atoms with Crippen molar-refractivity contribution < 1.29 is 23.7 Å². The van der Waals surface area contributed by atoms with Gasteiger partial charge in [0.1, 0.15) is 28.3 Å². The molecule has 1 saturated heterocycles. The summed E-state index contributed by atoms with van der Waals surface area (Å²) in [6.45, 7) is 3.41. The van der Waals surface area contributed by atoms with E-state index in [4.69, 9.17) is 18.9 Å². The molecule has 0 spiro atoms. The molecule has 0 amide bonds. The third-order valence-electron chi connectivity index (χ3n) is 8.26. The van der Waals surface area contributed by atoms with Gasteiger partial charge in [-0.05, 0) is 59.7 Å². The molecule has 0 bridgehead atoms. The number of nitrogens with zero attached hydrogens (tertiary/aromatic N) is 3. The highest BCUT2D eigenvalue weighted by Crippen LogP contribution is 2.37. The Morgan fingerprint density at radius 2 is 1.42 bits per heavy atom. The molecule has 1 aromatic heterocycles. The molecule has 2 heterocycles. The van der Waals surface area contributed by atoms with Gasteiger partial charge >= 0.3 is 11.7 Å². The number of esters is 1. The molecule has 5 aromatic rings. The van der Waals surface area contributed by atoms with Crippen LogP contribution in [0.4, 0.5) is 5.69 Å². The van der Waals surface area contributed by atoms with Gasteiger partial charge in [0.15, 0.2) is 5.75 Å². The number of imidazole rings is 1. The van der Waals surface area contributed by atoms with Gasteiger partial charge < -0.3 is 29.2 Å². The van der Waals surface area contributed by atoms with Crippen LogP contribution in [-0.4, -0.2) is 62.6 Å². The van der Waals surface area contributed by atoms with Crippen LogP contribution in [0.5, 0.6) is 23.0 Å². The minimum atomic E-state index is -0.505. The van der Waals surface area contributed by atoms with Crippen molar-refractivity contribution in [1.82, 2.24) is 14.5 Å². The number of fused-ring (bicyclic) bond motifs is 1. The lowest BCUT2D eigenvalue weighted by Gasteiger charge is -2.30. The first-order valence-electron chi connectivity index (χ1n) is 14.8. The molecular weight excluding hydrogens is 572 g/mol. The molecular formula is C35H36N4O6. The molecule has 0 radical (unpaired) electrons. The summed E-state index contributed by atoms with van der Waals surface area (Å²) >= 11 is 0. The Morgan fingerprint density at radius 1 is 0.800 bits per heavy atom. The maximum atomic E-state index is 14.1.